The normalized spacial score (nSPS) is 15.1. The van der Waals surface area contributed by atoms with Gasteiger partial charge in [-0.1, -0.05) is 109 Å². The van der Waals surface area contributed by atoms with Gasteiger partial charge >= 0.3 is 0 Å². The first-order valence-corrected chi connectivity index (χ1v) is 14.7. The van der Waals surface area contributed by atoms with Crippen molar-refractivity contribution in [3.05, 3.63) is 45.2 Å². The van der Waals surface area contributed by atoms with Gasteiger partial charge in [0.25, 0.3) is 11.5 Å². The number of fused-ring (bicyclic) bond motifs is 1. The van der Waals surface area contributed by atoms with Gasteiger partial charge in [-0.3, -0.25) is 18.9 Å². The zero-order valence-corrected chi connectivity index (χ0v) is 23.6. The van der Waals surface area contributed by atoms with Gasteiger partial charge in [0.15, 0.2) is 0 Å². The van der Waals surface area contributed by atoms with Crippen LogP contribution in [0.2, 0.25) is 0 Å². The average Bonchev–Trinajstić information content (AvgIpc) is 3.13. The molecule has 0 radical (unpaired) electrons. The maximum absolute atomic E-state index is 13.3. The first-order valence-electron chi connectivity index (χ1n) is 13.4. The molecule has 0 bridgehead atoms. The number of unbranched alkanes of at least 4 members (excludes halogenated alkanes) is 9. The molecule has 196 valence electrons. The number of carbonyl (C=O) groups is 1. The molecule has 8 heteroatoms. The van der Waals surface area contributed by atoms with Gasteiger partial charge in [0, 0.05) is 19.3 Å². The molecule has 1 aliphatic heterocycles. The summed E-state index contributed by atoms with van der Waals surface area (Å²) in [7, 11) is 0. The van der Waals surface area contributed by atoms with Crippen LogP contribution in [0.1, 0.15) is 90.5 Å². The van der Waals surface area contributed by atoms with Crippen molar-refractivity contribution in [3.63, 3.8) is 0 Å². The smallest absolute Gasteiger partial charge is 0.267 e. The number of hydrogen-bond donors (Lipinski definition) is 1. The summed E-state index contributed by atoms with van der Waals surface area (Å²) in [4.78, 5) is 33.3. The van der Waals surface area contributed by atoms with Crippen molar-refractivity contribution in [2.24, 2.45) is 5.92 Å². The van der Waals surface area contributed by atoms with E-state index in [1.54, 1.807) is 29.3 Å². The highest BCUT2D eigenvalue weighted by Crippen LogP contribution is 2.33. The summed E-state index contributed by atoms with van der Waals surface area (Å²) < 4.78 is 2.07. The molecule has 2 aromatic rings. The van der Waals surface area contributed by atoms with E-state index in [2.05, 4.69) is 31.1 Å². The molecule has 36 heavy (non-hydrogen) atoms. The highest BCUT2D eigenvalue weighted by molar-refractivity contribution is 8.26. The second kappa shape index (κ2) is 14.5. The second-order valence-electron chi connectivity index (χ2n) is 9.90. The minimum atomic E-state index is -0.202. The van der Waals surface area contributed by atoms with Gasteiger partial charge in [-0.25, -0.2) is 4.98 Å². The van der Waals surface area contributed by atoms with Crippen molar-refractivity contribution in [1.82, 2.24) is 14.3 Å². The monoisotopic (exact) mass is 528 g/mol. The number of rotatable bonds is 15. The minimum Gasteiger partial charge on any atom is -0.369 e. The molecule has 2 aromatic heterocycles. The zero-order chi connectivity index (χ0) is 25.9. The standard InChI is InChI=1S/C28H40N4O2S2/c1-4-5-6-7-8-9-10-11-12-14-18-32-27(34)23(36-28(32)35)19-22-25(29-20-21(2)3)30-24-16-13-15-17-31(24)26(22)33/h13,15-17,19,21,29H,4-12,14,18,20H2,1-3H3/b23-19-. The summed E-state index contributed by atoms with van der Waals surface area (Å²) in [6, 6.07) is 5.46. The predicted molar refractivity (Wildman–Crippen MR) is 157 cm³/mol. The third-order valence-corrected chi connectivity index (χ3v) is 7.71. The number of amides is 1. The Bertz CT molecular complexity index is 1130. The molecule has 1 fully saturated rings. The molecule has 3 rings (SSSR count). The average molecular weight is 529 g/mol. The first kappa shape index (κ1) is 28.4. The Morgan fingerprint density at radius 2 is 1.69 bits per heavy atom. The molecule has 3 heterocycles. The molecule has 1 saturated heterocycles. The van der Waals surface area contributed by atoms with E-state index in [-0.39, 0.29) is 11.5 Å². The van der Waals surface area contributed by atoms with Crippen LogP contribution in [-0.2, 0) is 4.79 Å². The molecule has 0 aromatic carbocycles. The topological polar surface area (TPSA) is 66.7 Å². The van der Waals surface area contributed by atoms with Gasteiger partial charge in [0.2, 0.25) is 0 Å². The summed E-state index contributed by atoms with van der Waals surface area (Å²) in [6.07, 6.45) is 15.8. The van der Waals surface area contributed by atoms with Crippen LogP contribution in [0, 0.1) is 5.92 Å². The lowest BCUT2D eigenvalue weighted by Crippen LogP contribution is -2.29. The summed E-state index contributed by atoms with van der Waals surface area (Å²) in [6.45, 7) is 7.75. The van der Waals surface area contributed by atoms with E-state index >= 15 is 0 Å². The van der Waals surface area contributed by atoms with Crippen LogP contribution < -0.4 is 10.9 Å². The Morgan fingerprint density at radius 1 is 1.03 bits per heavy atom. The Hall–Kier alpha value is -2.19. The van der Waals surface area contributed by atoms with Crippen molar-refractivity contribution in [3.8, 4) is 0 Å². The van der Waals surface area contributed by atoms with Gasteiger partial charge < -0.3 is 5.32 Å². The Balaban J connectivity index is 1.62. The van der Waals surface area contributed by atoms with E-state index in [0.29, 0.717) is 45.3 Å². The van der Waals surface area contributed by atoms with Crippen LogP contribution in [0.3, 0.4) is 0 Å². The van der Waals surface area contributed by atoms with E-state index in [0.717, 1.165) is 12.8 Å². The number of hydrogen-bond acceptors (Lipinski definition) is 6. The molecule has 1 N–H and O–H groups in total. The maximum Gasteiger partial charge on any atom is 0.267 e. The van der Waals surface area contributed by atoms with Gasteiger partial charge in [-0.15, -0.1) is 0 Å². The summed E-state index contributed by atoms with van der Waals surface area (Å²) in [5, 5.41) is 3.29. The molecule has 1 amide bonds. The number of pyridine rings is 1. The quantitative estimate of drug-likeness (QED) is 0.154. The fraction of sp³-hybridized carbons (Fsp3) is 0.571. The molecule has 6 nitrogen and oxygen atoms in total. The van der Waals surface area contributed by atoms with Crippen LogP contribution in [0.25, 0.3) is 11.7 Å². The Labute approximate surface area is 224 Å². The number of nitrogens with one attached hydrogen (secondary N) is 1. The molecule has 0 saturated carbocycles. The van der Waals surface area contributed by atoms with E-state index in [4.69, 9.17) is 12.2 Å². The SMILES string of the molecule is CCCCCCCCCCCCN1C(=O)/C(=C/c2c(NCC(C)C)nc3ccccn3c2=O)SC1=S. The van der Waals surface area contributed by atoms with Crippen LogP contribution in [0.4, 0.5) is 5.82 Å². The molecule has 0 aliphatic carbocycles. The number of anilines is 1. The first-order chi connectivity index (χ1) is 17.4. The number of thioether (sulfide) groups is 1. The predicted octanol–water partition coefficient (Wildman–Crippen LogP) is 6.88. The van der Waals surface area contributed by atoms with Gasteiger partial charge in [0.05, 0.1) is 10.5 Å². The minimum absolute atomic E-state index is 0.117. The molecule has 1 aliphatic rings. The lowest BCUT2D eigenvalue weighted by molar-refractivity contribution is -0.122. The molecular weight excluding hydrogens is 488 g/mol. The molecule has 0 spiro atoms. The fourth-order valence-electron chi connectivity index (χ4n) is 4.25. The lowest BCUT2D eigenvalue weighted by atomic mass is 10.1. The van der Waals surface area contributed by atoms with Crippen LogP contribution in [0.15, 0.2) is 34.1 Å². The van der Waals surface area contributed by atoms with Crippen LogP contribution in [0.5, 0.6) is 0 Å². The molecular formula is C28H40N4O2S2. The van der Waals surface area contributed by atoms with E-state index in [1.807, 2.05) is 6.07 Å². The molecule has 0 unspecified atom stereocenters. The van der Waals surface area contributed by atoms with Crippen molar-refractivity contribution in [1.29, 1.82) is 0 Å². The summed E-state index contributed by atoms with van der Waals surface area (Å²) >= 11 is 6.79. The zero-order valence-electron chi connectivity index (χ0n) is 21.9. The lowest BCUT2D eigenvalue weighted by Gasteiger charge is -2.14. The second-order valence-corrected chi connectivity index (χ2v) is 11.6. The van der Waals surface area contributed by atoms with E-state index < -0.39 is 0 Å². The van der Waals surface area contributed by atoms with Gasteiger partial charge in [-0.2, -0.15) is 0 Å². The van der Waals surface area contributed by atoms with Gasteiger partial charge in [0.1, 0.15) is 15.8 Å². The maximum atomic E-state index is 13.3. The third kappa shape index (κ3) is 7.90. The highest BCUT2D eigenvalue weighted by atomic mass is 32.2. The van der Waals surface area contributed by atoms with Crippen LogP contribution in [-0.4, -0.2) is 37.6 Å². The molecule has 0 atom stereocenters. The number of aromatic nitrogens is 2. The van der Waals surface area contributed by atoms with Crippen molar-refractivity contribution in [2.45, 2.75) is 85.0 Å². The summed E-state index contributed by atoms with van der Waals surface area (Å²) in [5.41, 5.74) is 0.755. The van der Waals surface area contributed by atoms with Crippen molar-refractivity contribution in [2.75, 3.05) is 18.4 Å². The van der Waals surface area contributed by atoms with Gasteiger partial charge in [-0.05, 0) is 30.5 Å². The highest BCUT2D eigenvalue weighted by Gasteiger charge is 2.32. The summed E-state index contributed by atoms with van der Waals surface area (Å²) in [5.74, 6) is 0.765. The largest absolute Gasteiger partial charge is 0.369 e. The Kier molecular flexibility index (Phi) is 11.5. The third-order valence-electron chi connectivity index (χ3n) is 6.33. The van der Waals surface area contributed by atoms with Crippen LogP contribution >= 0.6 is 24.0 Å². The van der Waals surface area contributed by atoms with Crippen molar-refractivity contribution >= 4 is 51.7 Å². The number of carbonyl (C=O) groups excluding carboxylic acids is 1. The van der Waals surface area contributed by atoms with Crippen molar-refractivity contribution < 1.29 is 4.79 Å². The van der Waals surface area contributed by atoms with E-state index in [1.165, 1.54) is 67.5 Å². The number of thiocarbonyl (C=S) groups is 1. The fourth-order valence-corrected chi connectivity index (χ4v) is 5.54. The Morgan fingerprint density at radius 3 is 2.36 bits per heavy atom. The van der Waals surface area contributed by atoms with E-state index in [9.17, 15) is 9.59 Å². The number of nitrogens with zero attached hydrogens (tertiary/aromatic N) is 3.